The van der Waals surface area contributed by atoms with Gasteiger partial charge in [0.05, 0.1) is 15.7 Å². The maximum atomic E-state index is 13.4. The van der Waals surface area contributed by atoms with Crippen LogP contribution >= 0.6 is 23.2 Å². The Kier molecular flexibility index (Phi) is 5.29. The summed E-state index contributed by atoms with van der Waals surface area (Å²) in [5.41, 5.74) is 0.976. The van der Waals surface area contributed by atoms with Gasteiger partial charge in [-0.1, -0.05) is 23.2 Å². The fourth-order valence-corrected chi connectivity index (χ4v) is 4.61. The predicted octanol–water partition coefficient (Wildman–Crippen LogP) is 4.94. The third-order valence-electron chi connectivity index (χ3n) is 5.33. The second kappa shape index (κ2) is 7.72. The molecule has 2 saturated heterocycles. The summed E-state index contributed by atoms with van der Waals surface area (Å²) in [6, 6.07) is 3.25. The molecule has 2 atom stereocenters. The Hall–Kier alpha value is -2.12. The van der Waals surface area contributed by atoms with E-state index in [1.807, 2.05) is 0 Å². The SMILES string of the molecule is O=C(Nc1ccc(F)c(F)c1)N1CCC2CCC(C1)N2c1c(Cl)cncc1Cl. The first-order chi connectivity index (χ1) is 13.4. The molecule has 0 aliphatic carbocycles. The molecule has 0 saturated carbocycles. The average Bonchev–Trinajstić information content (AvgIpc) is 2.92. The molecule has 2 aliphatic rings. The summed E-state index contributed by atoms with van der Waals surface area (Å²) < 4.78 is 26.5. The van der Waals surface area contributed by atoms with Gasteiger partial charge in [-0.05, 0) is 31.4 Å². The van der Waals surface area contributed by atoms with E-state index in [0.717, 1.165) is 37.1 Å². The van der Waals surface area contributed by atoms with Crippen LogP contribution in [0.15, 0.2) is 30.6 Å². The normalized spacial score (nSPS) is 21.6. The van der Waals surface area contributed by atoms with Crippen LogP contribution in [0.1, 0.15) is 19.3 Å². The van der Waals surface area contributed by atoms with Gasteiger partial charge in [0.1, 0.15) is 0 Å². The van der Waals surface area contributed by atoms with Crippen molar-refractivity contribution in [2.75, 3.05) is 23.3 Å². The minimum absolute atomic E-state index is 0.0700. The van der Waals surface area contributed by atoms with Crippen molar-refractivity contribution in [3.05, 3.63) is 52.3 Å². The van der Waals surface area contributed by atoms with Crippen molar-refractivity contribution in [3.8, 4) is 0 Å². The Labute approximate surface area is 171 Å². The fourth-order valence-electron chi connectivity index (χ4n) is 4.05. The topological polar surface area (TPSA) is 48.5 Å². The minimum atomic E-state index is -0.999. The maximum Gasteiger partial charge on any atom is 0.321 e. The number of benzene rings is 1. The number of amides is 2. The van der Waals surface area contributed by atoms with Crippen molar-refractivity contribution in [2.24, 2.45) is 0 Å². The van der Waals surface area contributed by atoms with Gasteiger partial charge in [-0.15, -0.1) is 0 Å². The van der Waals surface area contributed by atoms with Gasteiger partial charge in [-0.2, -0.15) is 0 Å². The molecule has 1 aromatic carbocycles. The number of fused-ring (bicyclic) bond motifs is 2. The van der Waals surface area contributed by atoms with E-state index in [1.165, 1.54) is 6.07 Å². The summed E-state index contributed by atoms with van der Waals surface area (Å²) in [6.07, 6.45) is 5.81. The van der Waals surface area contributed by atoms with Crippen LogP contribution in [0, 0.1) is 11.6 Å². The molecule has 1 N–H and O–H groups in total. The number of halogens is 4. The number of rotatable bonds is 2. The molecule has 1 aromatic heterocycles. The first kappa shape index (κ1) is 19.2. The van der Waals surface area contributed by atoms with E-state index in [0.29, 0.717) is 23.1 Å². The molecule has 3 heterocycles. The Balaban J connectivity index is 1.52. The van der Waals surface area contributed by atoms with E-state index in [2.05, 4.69) is 15.2 Å². The summed E-state index contributed by atoms with van der Waals surface area (Å²) in [6.45, 7) is 1.04. The molecular weight excluding hydrogens is 409 g/mol. The van der Waals surface area contributed by atoms with E-state index >= 15 is 0 Å². The number of nitrogens with one attached hydrogen (secondary N) is 1. The molecule has 2 aliphatic heterocycles. The minimum Gasteiger partial charge on any atom is -0.361 e. The van der Waals surface area contributed by atoms with Gasteiger partial charge >= 0.3 is 6.03 Å². The zero-order valence-electron chi connectivity index (χ0n) is 14.8. The number of hydrogen-bond acceptors (Lipinski definition) is 3. The summed E-state index contributed by atoms with van der Waals surface area (Å²) in [4.78, 5) is 20.6. The van der Waals surface area contributed by atoms with Gasteiger partial charge in [-0.3, -0.25) is 4.98 Å². The molecule has 2 fully saturated rings. The molecule has 28 heavy (non-hydrogen) atoms. The van der Waals surface area contributed by atoms with Crippen molar-refractivity contribution in [2.45, 2.75) is 31.3 Å². The molecule has 2 aromatic rings. The second-order valence-corrected chi connectivity index (χ2v) is 7.85. The van der Waals surface area contributed by atoms with E-state index in [-0.39, 0.29) is 23.8 Å². The highest BCUT2D eigenvalue weighted by Gasteiger charge is 2.40. The van der Waals surface area contributed by atoms with E-state index in [1.54, 1.807) is 17.3 Å². The van der Waals surface area contributed by atoms with Gasteiger partial charge in [0.2, 0.25) is 0 Å². The lowest BCUT2D eigenvalue weighted by Gasteiger charge is -2.32. The summed E-state index contributed by atoms with van der Waals surface area (Å²) in [5.74, 6) is -1.95. The Morgan fingerprint density at radius 1 is 1.07 bits per heavy atom. The molecule has 9 heteroatoms. The largest absolute Gasteiger partial charge is 0.361 e. The van der Waals surface area contributed by atoms with Crippen molar-refractivity contribution in [3.63, 3.8) is 0 Å². The molecule has 2 unspecified atom stereocenters. The van der Waals surface area contributed by atoms with Crippen LogP contribution in [0.5, 0.6) is 0 Å². The molecule has 148 valence electrons. The maximum absolute atomic E-state index is 13.4. The Morgan fingerprint density at radius 2 is 1.79 bits per heavy atom. The zero-order chi connectivity index (χ0) is 19.8. The second-order valence-electron chi connectivity index (χ2n) is 7.04. The summed E-state index contributed by atoms with van der Waals surface area (Å²) >= 11 is 12.7. The fraction of sp³-hybridized carbons (Fsp3) is 0.368. The van der Waals surface area contributed by atoms with Crippen LogP contribution in [0.4, 0.5) is 25.0 Å². The summed E-state index contributed by atoms with van der Waals surface area (Å²) in [5, 5.41) is 3.62. The van der Waals surface area contributed by atoms with Gasteiger partial charge in [0, 0.05) is 49.3 Å². The number of pyridine rings is 1. The Morgan fingerprint density at radius 3 is 2.50 bits per heavy atom. The van der Waals surface area contributed by atoms with Gasteiger partial charge in [0.25, 0.3) is 0 Å². The smallest absolute Gasteiger partial charge is 0.321 e. The predicted molar refractivity (Wildman–Crippen MR) is 105 cm³/mol. The lowest BCUT2D eigenvalue weighted by Crippen LogP contribution is -2.43. The highest BCUT2D eigenvalue weighted by molar-refractivity contribution is 6.39. The molecule has 0 spiro atoms. The van der Waals surface area contributed by atoms with E-state index in [9.17, 15) is 13.6 Å². The molecule has 2 bridgehead atoms. The lowest BCUT2D eigenvalue weighted by atomic mass is 10.1. The molecule has 2 amide bonds. The van der Waals surface area contributed by atoms with Crippen LogP contribution in [0.25, 0.3) is 0 Å². The van der Waals surface area contributed by atoms with E-state index in [4.69, 9.17) is 23.2 Å². The van der Waals surface area contributed by atoms with Crippen LogP contribution < -0.4 is 10.2 Å². The Bertz CT molecular complexity index is 893. The van der Waals surface area contributed by atoms with Crippen LogP contribution in [-0.2, 0) is 0 Å². The lowest BCUT2D eigenvalue weighted by molar-refractivity contribution is 0.209. The van der Waals surface area contributed by atoms with Gasteiger partial charge in [-0.25, -0.2) is 13.6 Å². The number of anilines is 2. The van der Waals surface area contributed by atoms with Gasteiger partial charge < -0.3 is 15.1 Å². The quantitative estimate of drug-likeness (QED) is 0.739. The molecule has 0 radical (unpaired) electrons. The monoisotopic (exact) mass is 426 g/mol. The van der Waals surface area contributed by atoms with Crippen LogP contribution in [0.2, 0.25) is 10.0 Å². The number of hydrogen-bond donors (Lipinski definition) is 1. The highest BCUT2D eigenvalue weighted by atomic mass is 35.5. The van der Waals surface area contributed by atoms with Crippen LogP contribution in [0.3, 0.4) is 0 Å². The zero-order valence-corrected chi connectivity index (χ0v) is 16.4. The van der Waals surface area contributed by atoms with E-state index < -0.39 is 11.6 Å². The number of carbonyl (C=O) groups is 1. The molecular formula is C19H18Cl2F2N4O. The number of aromatic nitrogens is 1. The number of likely N-dealkylation sites (tertiary alicyclic amines) is 1. The third kappa shape index (κ3) is 3.61. The average molecular weight is 427 g/mol. The number of nitrogens with zero attached hydrogens (tertiary/aromatic N) is 3. The first-order valence-corrected chi connectivity index (χ1v) is 9.78. The van der Waals surface area contributed by atoms with Crippen molar-refractivity contribution in [1.82, 2.24) is 9.88 Å². The van der Waals surface area contributed by atoms with Crippen molar-refractivity contribution >= 4 is 40.6 Å². The standard InChI is InChI=1S/C19H18Cl2F2N4O/c20-14-8-24-9-15(21)18(14)27-12-2-3-13(27)10-26(6-5-12)19(28)25-11-1-4-16(22)17(23)7-11/h1,4,7-9,12-13H,2-3,5-6,10H2,(H,25,28). The highest BCUT2D eigenvalue weighted by Crippen LogP contribution is 2.41. The number of urea groups is 1. The molecule has 5 nitrogen and oxygen atoms in total. The van der Waals surface area contributed by atoms with Crippen molar-refractivity contribution < 1.29 is 13.6 Å². The van der Waals surface area contributed by atoms with Crippen molar-refractivity contribution in [1.29, 1.82) is 0 Å². The molecule has 4 rings (SSSR count). The van der Waals surface area contributed by atoms with Gasteiger partial charge in [0.15, 0.2) is 11.6 Å². The van der Waals surface area contributed by atoms with Crippen LogP contribution in [-0.4, -0.2) is 41.1 Å². The number of carbonyl (C=O) groups excluding carboxylic acids is 1. The third-order valence-corrected chi connectivity index (χ3v) is 5.88. The first-order valence-electron chi connectivity index (χ1n) is 9.02. The summed E-state index contributed by atoms with van der Waals surface area (Å²) in [7, 11) is 0.